The van der Waals surface area contributed by atoms with Gasteiger partial charge in [-0.25, -0.2) is 14.2 Å². The van der Waals surface area contributed by atoms with E-state index in [1.54, 1.807) is 49.5 Å². The normalized spacial score (nSPS) is 16.6. The number of benzene rings is 2. The number of carboxylic acid groups (broad SMARTS) is 1. The molecule has 1 aliphatic heterocycles. The highest BCUT2D eigenvalue weighted by Crippen LogP contribution is 2.34. The highest BCUT2D eigenvalue weighted by atomic mass is 32.2. The number of halogens is 1. The first kappa shape index (κ1) is 19.7. The minimum absolute atomic E-state index is 0.119. The van der Waals surface area contributed by atoms with Gasteiger partial charge in [-0.05, 0) is 66.4 Å². The second kappa shape index (κ2) is 8.00. The summed E-state index contributed by atoms with van der Waals surface area (Å²) in [6.45, 7) is 0. The van der Waals surface area contributed by atoms with Crippen molar-refractivity contribution in [2.75, 3.05) is 7.05 Å². The van der Waals surface area contributed by atoms with Gasteiger partial charge in [-0.1, -0.05) is 6.07 Å². The number of furan rings is 1. The predicted molar refractivity (Wildman–Crippen MR) is 113 cm³/mol. The molecule has 0 saturated carbocycles. The molecule has 1 aromatic heterocycles. The zero-order valence-electron chi connectivity index (χ0n) is 15.7. The summed E-state index contributed by atoms with van der Waals surface area (Å²) in [6, 6.07) is 15.6. The van der Waals surface area contributed by atoms with Crippen LogP contribution >= 0.6 is 11.8 Å². The van der Waals surface area contributed by atoms with Crippen molar-refractivity contribution in [1.29, 1.82) is 0 Å². The van der Waals surface area contributed by atoms with Gasteiger partial charge in [0, 0.05) is 18.7 Å². The van der Waals surface area contributed by atoms with E-state index in [9.17, 15) is 14.0 Å². The average molecular weight is 422 g/mol. The SMILES string of the molecule is CN1C(=O)/C(=C\c2ccc(-c3ccc(F)cc3)o2)SC1=Nc1cccc(C(=O)O)c1. The Morgan fingerprint density at radius 3 is 2.67 bits per heavy atom. The van der Waals surface area contributed by atoms with Gasteiger partial charge < -0.3 is 9.52 Å². The zero-order chi connectivity index (χ0) is 21.3. The molecule has 8 heteroatoms. The molecule has 6 nitrogen and oxygen atoms in total. The highest BCUT2D eigenvalue weighted by molar-refractivity contribution is 8.18. The molecular formula is C22H15FN2O4S. The topological polar surface area (TPSA) is 83.1 Å². The van der Waals surface area contributed by atoms with Crippen molar-refractivity contribution in [3.63, 3.8) is 0 Å². The van der Waals surface area contributed by atoms with Crippen LogP contribution in [-0.2, 0) is 4.79 Å². The molecule has 0 aliphatic carbocycles. The number of thioether (sulfide) groups is 1. The van der Waals surface area contributed by atoms with Gasteiger partial charge in [-0.2, -0.15) is 0 Å². The van der Waals surface area contributed by atoms with Crippen molar-refractivity contribution in [3.05, 3.63) is 82.7 Å². The lowest BCUT2D eigenvalue weighted by Gasteiger charge is -2.07. The Kier molecular flexibility index (Phi) is 5.24. The fourth-order valence-electron chi connectivity index (χ4n) is 2.80. The van der Waals surface area contributed by atoms with Crippen molar-refractivity contribution in [1.82, 2.24) is 4.90 Å². The zero-order valence-corrected chi connectivity index (χ0v) is 16.5. The fraction of sp³-hybridized carbons (Fsp3) is 0.0455. The summed E-state index contributed by atoms with van der Waals surface area (Å²) in [4.78, 5) is 29.9. The molecule has 0 unspecified atom stereocenters. The lowest BCUT2D eigenvalue weighted by Crippen LogP contribution is -2.23. The third kappa shape index (κ3) is 4.04. The third-order valence-electron chi connectivity index (χ3n) is 4.35. The van der Waals surface area contributed by atoms with Crippen LogP contribution in [0.4, 0.5) is 10.1 Å². The number of aromatic carboxylic acids is 1. The van der Waals surface area contributed by atoms with Gasteiger partial charge in [0.15, 0.2) is 5.17 Å². The smallest absolute Gasteiger partial charge is 0.335 e. The number of likely N-dealkylation sites (N-methyl/N-ethyl adjacent to an activating group) is 1. The summed E-state index contributed by atoms with van der Waals surface area (Å²) in [5, 5.41) is 9.54. The number of carboxylic acids is 1. The van der Waals surface area contributed by atoms with Gasteiger partial charge in [0.2, 0.25) is 0 Å². The van der Waals surface area contributed by atoms with Crippen LogP contribution in [0.1, 0.15) is 16.1 Å². The van der Waals surface area contributed by atoms with Gasteiger partial charge in [0.25, 0.3) is 5.91 Å². The standard InChI is InChI=1S/C22H15FN2O4S/c1-25-20(26)19(30-22(25)24-16-4-2-3-14(11-16)21(27)28)12-17-9-10-18(29-17)13-5-7-15(23)8-6-13/h2-12H,1H3,(H,27,28)/b19-12+,24-22?. The number of hydrogen-bond acceptors (Lipinski definition) is 5. The van der Waals surface area contributed by atoms with Crippen LogP contribution in [0.15, 0.2) is 75.0 Å². The second-order valence-electron chi connectivity index (χ2n) is 6.43. The quantitative estimate of drug-likeness (QED) is 0.597. The minimum atomic E-state index is -1.05. The third-order valence-corrected chi connectivity index (χ3v) is 5.41. The van der Waals surface area contributed by atoms with E-state index in [0.29, 0.717) is 27.3 Å². The molecular weight excluding hydrogens is 407 g/mol. The van der Waals surface area contributed by atoms with Crippen molar-refractivity contribution >= 4 is 40.6 Å². The predicted octanol–water partition coefficient (Wildman–Crippen LogP) is 5.02. The van der Waals surface area contributed by atoms with Crippen LogP contribution in [0.5, 0.6) is 0 Å². The van der Waals surface area contributed by atoms with Gasteiger partial charge in [-0.15, -0.1) is 0 Å². The van der Waals surface area contributed by atoms with Crippen LogP contribution < -0.4 is 0 Å². The summed E-state index contributed by atoms with van der Waals surface area (Å²) in [7, 11) is 1.60. The summed E-state index contributed by atoms with van der Waals surface area (Å²) < 4.78 is 18.8. The number of nitrogens with zero attached hydrogens (tertiary/aromatic N) is 2. The Hall–Kier alpha value is -3.65. The van der Waals surface area contributed by atoms with E-state index in [0.717, 1.165) is 5.56 Å². The molecule has 0 spiro atoms. The van der Waals surface area contributed by atoms with E-state index in [1.807, 2.05) is 0 Å². The van der Waals surface area contributed by atoms with E-state index in [4.69, 9.17) is 9.52 Å². The first-order valence-electron chi connectivity index (χ1n) is 8.86. The van der Waals surface area contributed by atoms with E-state index in [2.05, 4.69) is 4.99 Å². The van der Waals surface area contributed by atoms with Crippen LogP contribution in [0, 0.1) is 5.82 Å². The summed E-state index contributed by atoms with van der Waals surface area (Å²) in [5.41, 5.74) is 1.28. The van der Waals surface area contributed by atoms with Gasteiger partial charge in [0.1, 0.15) is 17.3 Å². The van der Waals surface area contributed by atoms with Crippen LogP contribution in [0.25, 0.3) is 17.4 Å². The summed E-state index contributed by atoms with van der Waals surface area (Å²) >= 11 is 1.17. The molecule has 2 aromatic carbocycles. The fourth-order valence-corrected chi connectivity index (χ4v) is 3.77. The molecule has 30 heavy (non-hydrogen) atoms. The van der Waals surface area contributed by atoms with Crippen LogP contribution in [0.2, 0.25) is 0 Å². The Morgan fingerprint density at radius 1 is 1.17 bits per heavy atom. The van der Waals surface area contributed by atoms with E-state index in [-0.39, 0.29) is 17.3 Å². The Bertz CT molecular complexity index is 1200. The largest absolute Gasteiger partial charge is 0.478 e. The van der Waals surface area contributed by atoms with Gasteiger partial charge in [0.05, 0.1) is 16.2 Å². The Labute approximate surface area is 175 Å². The van der Waals surface area contributed by atoms with Crippen LogP contribution in [-0.4, -0.2) is 34.1 Å². The van der Waals surface area contributed by atoms with Crippen molar-refractivity contribution < 1.29 is 23.5 Å². The van der Waals surface area contributed by atoms with Crippen molar-refractivity contribution in [2.45, 2.75) is 0 Å². The molecule has 1 N–H and O–H groups in total. The number of amides is 1. The highest BCUT2D eigenvalue weighted by Gasteiger charge is 2.30. The maximum Gasteiger partial charge on any atom is 0.335 e. The van der Waals surface area contributed by atoms with Crippen molar-refractivity contribution in [3.8, 4) is 11.3 Å². The van der Waals surface area contributed by atoms with E-state index < -0.39 is 5.97 Å². The first-order valence-corrected chi connectivity index (χ1v) is 9.68. The van der Waals surface area contributed by atoms with Gasteiger partial charge >= 0.3 is 5.97 Å². The number of amidine groups is 1. The summed E-state index contributed by atoms with van der Waals surface area (Å²) in [5.74, 6) is -0.578. The van der Waals surface area contributed by atoms with Gasteiger partial charge in [-0.3, -0.25) is 9.69 Å². The number of rotatable bonds is 4. The van der Waals surface area contributed by atoms with E-state index >= 15 is 0 Å². The average Bonchev–Trinajstić information content (AvgIpc) is 3.30. The number of aliphatic imine (C=N–C) groups is 1. The molecule has 150 valence electrons. The molecule has 3 aromatic rings. The Morgan fingerprint density at radius 2 is 1.93 bits per heavy atom. The molecule has 2 heterocycles. The maximum atomic E-state index is 13.1. The first-order chi connectivity index (χ1) is 14.4. The number of hydrogen-bond donors (Lipinski definition) is 1. The molecule has 1 fully saturated rings. The monoisotopic (exact) mass is 422 g/mol. The molecule has 1 saturated heterocycles. The molecule has 0 bridgehead atoms. The van der Waals surface area contributed by atoms with E-state index in [1.165, 1.54) is 40.9 Å². The summed E-state index contributed by atoms with van der Waals surface area (Å²) in [6.07, 6.45) is 1.62. The molecule has 1 amide bonds. The Balaban J connectivity index is 1.58. The molecule has 1 aliphatic rings. The number of carbonyl (C=O) groups is 2. The maximum absolute atomic E-state index is 13.1. The molecule has 0 radical (unpaired) electrons. The van der Waals surface area contributed by atoms with Crippen molar-refractivity contribution in [2.24, 2.45) is 4.99 Å². The second-order valence-corrected chi connectivity index (χ2v) is 7.44. The molecule has 4 rings (SSSR count). The lowest BCUT2D eigenvalue weighted by atomic mass is 10.2. The lowest BCUT2D eigenvalue weighted by molar-refractivity contribution is -0.121. The number of carbonyl (C=O) groups excluding carboxylic acids is 1. The molecule has 0 atom stereocenters. The minimum Gasteiger partial charge on any atom is -0.478 e. The van der Waals surface area contributed by atoms with Crippen LogP contribution in [0.3, 0.4) is 0 Å².